The number of aliphatic hydroxyl groups excluding tert-OH is 2. The molecule has 126 valence electrons. The molecule has 0 radical (unpaired) electrons. The average molecular weight is 343 g/mol. The van der Waals surface area contributed by atoms with Crippen LogP contribution in [0.25, 0.3) is 0 Å². The lowest BCUT2D eigenvalue weighted by molar-refractivity contribution is -0.142. The summed E-state index contributed by atoms with van der Waals surface area (Å²) in [6, 6.07) is 6.89. The molecular formula is C16H19ClO6. The van der Waals surface area contributed by atoms with E-state index in [9.17, 15) is 15.0 Å². The first-order valence-corrected chi connectivity index (χ1v) is 7.96. The van der Waals surface area contributed by atoms with Crippen molar-refractivity contribution in [1.82, 2.24) is 0 Å². The summed E-state index contributed by atoms with van der Waals surface area (Å²) in [5.74, 6) is 0.163. The number of esters is 1. The van der Waals surface area contributed by atoms with Gasteiger partial charge in [0.1, 0.15) is 24.6 Å². The Morgan fingerprint density at radius 1 is 1.39 bits per heavy atom. The minimum atomic E-state index is -0.849. The third-order valence-corrected chi connectivity index (χ3v) is 4.39. The minimum Gasteiger partial charge on any atom is -0.491 e. The van der Waals surface area contributed by atoms with Gasteiger partial charge in [-0.15, -0.1) is 0 Å². The maximum atomic E-state index is 11.3. The average Bonchev–Trinajstić information content (AvgIpc) is 2.98. The molecule has 1 heterocycles. The van der Waals surface area contributed by atoms with E-state index in [1.54, 1.807) is 24.3 Å². The van der Waals surface area contributed by atoms with E-state index in [2.05, 4.69) is 0 Å². The van der Waals surface area contributed by atoms with Gasteiger partial charge in [-0.25, -0.2) is 0 Å². The summed E-state index contributed by atoms with van der Waals surface area (Å²) in [6.07, 6.45) is -1.66. The van der Waals surface area contributed by atoms with Crippen LogP contribution in [-0.2, 0) is 14.3 Å². The second kappa shape index (κ2) is 7.05. The molecule has 0 amide bonds. The monoisotopic (exact) mass is 342 g/mol. The molecule has 6 nitrogen and oxygen atoms in total. The predicted molar refractivity (Wildman–Crippen MR) is 81.3 cm³/mol. The molecule has 1 aromatic carbocycles. The number of carbonyl (C=O) groups excluding carboxylic acids is 1. The van der Waals surface area contributed by atoms with Crippen LogP contribution >= 0.6 is 11.6 Å². The number of halogens is 1. The summed E-state index contributed by atoms with van der Waals surface area (Å²) >= 11 is 5.85. The number of carbonyl (C=O) groups is 1. The van der Waals surface area contributed by atoms with Gasteiger partial charge in [0.15, 0.2) is 0 Å². The van der Waals surface area contributed by atoms with E-state index in [4.69, 9.17) is 25.8 Å². The Morgan fingerprint density at radius 3 is 3.00 bits per heavy atom. The maximum absolute atomic E-state index is 11.3. The van der Waals surface area contributed by atoms with Crippen molar-refractivity contribution in [1.29, 1.82) is 0 Å². The number of hydrogen-bond acceptors (Lipinski definition) is 6. The SMILES string of the molecule is O=C1C[C@@H]2[C@@H](OCC(O)COc3cccc(Cl)c3)[C@H](O)C[C@@H]2O1. The number of rotatable bonds is 6. The first-order chi connectivity index (χ1) is 11.0. The standard InChI is InChI=1S/C16H19ClO6/c17-9-2-1-3-11(4-9)21-7-10(18)8-22-16-12-5-15(20)23-14(12)6-13(16)19/h1-4,10,12-14,16,18-19H,5-8H2/t10?,12-,13+,14-,16+/m0/s1. The molecule has 1 unspecified atom stereocenters. The molecule has 2 fully saturated rings. The van der Waals surface area contributed by atoms with Crippen LogP contribution in [-0.4, -0.2) is 53.8 Å². The highest BCUT2D eigenvalue weighted by atomic mass is 35.5. The van der Waals surface area contributed by atoms with Gasteiger partial charge in [-0.05, 0) is 18.2 Å². The smallest absolute Gasteiger partial charge is 0.306 e. The molecule has 0 aromatic heterocycles. The largest absolute Gasteiger partial charge is 0.491 e. The Bertz CT molecular complexity index is 565. The van der Waals surface area contributed by atoms with Crippen LogP contribution in [0.15, 0.2) is 24.3 Å². The Hall–Kier alpha value is -1.34. The van der Waals surface area contributed by atoms with E-state index >= 15 is 0 Å². The van der Waals surface area contributed by atoms with Crippen LogP contribution in [0, 0.1) is 5.92 Å². The molecule has 23 heavy (non-hydrogen) atoms. The Kier molecular flexibility index (Phi) is 5.06. The number of benzene rings is 1. The molecule has 0 bridgehead atoms. The van der Waals surface area contributed by atoms with Crippen LogP contribution in [0.2, 0.25) is 5.02 Å². The van der Waals surface area contributed by atoms with Crippen molar-refractivity contribution in [2.75, 3.05) is 13.2 Å². The predicted octanol–water partition coefficient (Wildman–Crippen LogP) is 1.16. The van der Waals surface area contributed by atoms with Gasteiger partial charge in [0.05, 0.1) is 25.2 Å². The molecule has 1 aromatic rings. The summed E-state index contributed by atoms with van der Waals surface area (Å²) in [7, 11) is 0. The minimum absolute atomic E-state index is 0.0136. The number of aliphatic hydroxyl groups is 2. The lowest BCUT2D eigenvalue weighted by Gasteiger charge is -2.22. The third kappa shape index (κ3) is 3.95. The van der Waals surface area contributed by atoms with E-state index in [1.165, 1.54) is 0 Å². The summed E-state index contributed by atoms with van der Waals surface area (Å²) in [4.78, 5) is 11.3. The van der Waals surface area contributed by atoms with Crippen molar-refractivity contribution in [3.63, 3.8) is 0 Å². The van der Waals surface area contributed by atoms with Gasteiger partial charge in [-0.1, -0.05) is 17.7 Å². The highest BCUT2D eigenvalue weighted by Crippen LogP contribution is 2.38. The Balaban J connectivity index is 1.45. The van der Waals surface area contributed by atoms with E-state index in [0.29, 0.717) is 17.2 Å². The van der Waals surface area contributed by atoms with Gasteiger partial charge in [-0.2, -0.15) is 0 Å². The zero-order chi connectivity index (χ0) is 16.4. The first kappa shape index (κ1) is 16.5. The van der Waals surface area contributed by atoms with Crippen molar-refractivity contribution >= 4 is 17.6 Å². The number of hydrogen-bond donors (Lipinski definition) is 2. The van der Waals surface area contributed by atoms with Crippen LogP contribution < -0.4 is 4.74 Å². The molecule has 7 heteroatoms. The fourth-order valence-corrected chi connectivity index (χ4v) is 3.27. The molecule has 1 saturated heterocycles. The van der Waals surface area contributed by atoms with Gasteiger partial charge >= 0.3 is 5.97 Å². The maximum Gasteiger partial charge on any atom is 0.306 e. The second-order valence-corrected chi connectivity index (χ2v) is 6.36. The van der Waals surface area contributed by atoms with E-state index < -0.39 is 18.3 Å². The Labute approximate surface area is 138 Å². The van der Waals surface area contributed by atoms with Crippen LogP contribution in [0.5, 0.6) is 5.75 Å². The van der Waals surface area contributed by atoms with Gasteiger partial charge in [0.2, 0.25) is 0 Å². The van der Waals surface area contributed by atoms with Crippen molar-refractivity contribution in [3.05, 3.63) is 29.3 Å². The quantitative estimate of drug-likeness (QED) is 0.755. The van der Waals surface area contributed by atoms with E-state index in [-0.39, 0.29) is 37.6 Å². The number of ether oxygens (including phenoxy) is 3. The normalized spacial score (nSPS) is 30.8. The van der Waals surface area contributed by atoms with E-state index in [0.717, 1.165) is 0 Å². The lowest BCUT2D eigenvalue weighted by Crippen LogP contribution is -2.34. The highest BCUT2D eigenvalue weighted by Gasteiger charge is 2.50. The van der Waals surface area contributed by atoms with E-state index in [1.807, 2.05) is 0 Å². The van der Waals surface area contributed by atoms with Crippen LogP contribution in [0.4, 0.5) is 0 Å². The first-order valence-electron chi connectivity index (χ1n) is 7.58. The summed E-state index contributed by atoms with van der Waals surface area (Å²) < 4.78 is 16.2. The van der Waals surface area contributed by atoms with Crippen molar-refractivity contribution in [2.45, 2.75) is 37.3 Å². The fourth-order valence-electron chi connectivity index (χ4n) is 3.09. The molecule has 1 aliphatic carbocycles. The second-order valence-electron chi connectivity index (χ2n) is 5.92. The molecular weight excluding hydrogens is 324 g/mol. The molecule has 3 rings (SSSR count). The topological polar surface area (TPSA) is 85.2 Å². The van der Waals surface area contributed by atoms with Crippen molar-refractivity contribution < 1.29 is 29.2 Å². The van der Waals surface area contributed by atoms with Gasteiger partial charge in [0, 0.05) is 17.4 Å². The molecule has 1 saturated carbocycles. The lowest BCUT2D eigenvalue weighted by atomic mass is 10.0. The Morgan fingerprint density at radius 2 is 2.22 bits per heavy atom. The summed E-state index contributed by atoms with van der Waals surface area (Å²) in [5, 5.41) is 20.5. The van der Waals surface area contributed by atoms with Gasteiger partial charge in [-0.3, -0.25) is 4.79 Å². The van der Waals surface area contributed by atoms with Crippen molar-refractivity contribution in [2.24, 2.45) is 5.92 Å². The van der Waals surface area contributed by atoms with Gasteiger partial charge in [0.25, 0.3) is 0 Å². The molecule has 1 aliphatic heterocycles. The molecule has 0 spiro atoms. The fraction of sp³-hybridized carbons (Fsp3) is 0.562. The van der Waals surface area contributed by atoms with Crippen molar-refractivity contribution in [3.8, 4) is 5.75 Å². The van der Waals surface area contributed by atoms with Gasteiger partial charge < -0.3 is 24.4 Å². The summed E-state index contributed by atoms with van der Waals surface area (Å²) in [6.45, 7) is 0.0619. The van der Waals surface area contributed by atoms with Crippen LogP contribution in [0.3, 0.4) is 0 Å². The zero-order valence-corrected chi connectivity index (χ0v) is 13.2. The molecule has 5 atom stereocenters. The summed E-state index contributed by atoms with van der Waals surface area (Å²) in [5.41, 5.74) is 0. The number of fused-ring (bicyclic) bond motifs is 1. The molecule has 2 aliphatic rings. The van der Waals surface area contributed by atoms with Crippen LogP contribution in [0.1, 0.15) is 12.8 Å². The highest BCUT2D eigenvalue weighted by molar-refractivity contribution is 6.30. The third-order valence-electron chi connectivity index (χ3n) is 4.16. The molecule has 2 N–H and O–H groups in total. The zero-order valence-electron chi connectivity index (χ0n) is 12.4.